The van der Waals surface area contributed by atoms with E-state index < -0.39 is 0 Å². The molecule has 0 radical (unpaired) electrons. The largest absolute Gasteiger partial charge is 0.485 e. The van der Waals surface area contributed by atoms with Gasteiger partial charge in [-0.3, -0.25) is 4.79 Å². The third-order valence-corrected chi connectivity index (χ3v) is 4.01. The fourth-order valence-corrected chi connectivity index (χ4v) is 2.73. The molecule has 5 nitrogen and oxygen atoms in total. The maximum absolute atomic E-state index is 13.2. The summed E-state index contributed by atoms with van der Waals surface area (Å²) in [4.78, 5) is 13.2. The number of hydrogen-bond donors (Lipinski definition) is 1. The summed E-state index contributed by atoms with van der Waals surface area (Å²) in [5.74, 6) is 0.763. The first kappa shape index (κ1) is 19.9. The van der Waals surface area contributed by atoms with E-state index in [0.717, 1.165) is 29.3 Å². The number of pyridine rings is 1. The SMILES string of the molecule is CCCCn1c(=O)c(OC(C)C)c(OCC=C(C)C)c2ccc(N)cc21. The number of nitrogens with two attached hydrogens (primary N) is 1. The van der Waals surface area contributed by atoms with Crippen molar-refractivity contribution in [2.45, 2.75) is 60.1 Å². The van der Waals surface area contributed by atoms with Crippen LogP contribution in [0, 0.1) is 0 Å². The zero-order valence-electron chi connectivity index (χ0n) is 16.5. The molecule has 0 bridgehead atoms. The van der Waals surface area contributed by atoms with Crippen molar-refractivity contribution in [2.75, 3.05) is 12.3 Å². The molecule has 0 saturated heterocycles. The Labute approximate surface area is 155 Å². The third kappa shape index (κ3) is 4.59. The van der Waals surface area contributed by atoms with Gasteiger partial charge in [0.2, 0.25) is 5.75 Å². The van der Waals surface area contributed by atoms with Crippen LogP contribution in [0.4, 0.5) is 5.69 Å². The fourth-order valence-electron chi connectivity index (χ4n) is 2.73. The lowest BCUT2D eigenvalue weighted by molar-refractivity contribution is 0.222. The molecule has 0 amide bonds. The Morgan fingerprint density at radius 1 is 1.27 bits per heavy atom. The van der Waals surface area contributed by atoms with E-state index in [2.05, 4.69) is 6.92 Å². The van der Waals surface area contributed by atoms with E-state index in [4.69, 9.17) is 15.2 Å². The molecule has 1 heterocycles. The molecule has 0 saturated carbocycles. The molecule has 1 aromatic heterocycles. The van der Waals surface area contributed by atoms with Crippen LogP contribution in [-0.4, -0.2) is 17.3 Å². The Morgan fingerprint density at radius 2 is 2.00 bits per heavy atom. The summed E-state index contributed by atoms with van der Waals surface area (Å²) in [7, 11) is 0. The first-order valence-electron chi connectivity index (χ1n) is 9.24. The van der Waals surface area contributed by atoms with Crippen LogP contribution in [0.1, 0.15) is 47.5 Å². The quantitative estimate of drug-likeness (QED) is 0.557. The molecule has 0 aliphatic heterocycles. The van der Waals surface area contributed by atoms with E-state index in [-0.39, 0.29) is 17.4 Å². The molecular formula is C21H30N2O3. The van der Waals surface area contributed by atoms with Gasteiger partial charge >= 0.3 is 0 Å². The van der Waals surface area contributed by atoms with Gasteiger partial charge < -0.3 is 19.8 Å². The van der Waals surface area contributed by atoms with Crippen molar-refractivity contribution in [1.29, 1.82) is 0 Å². The monoisotopic (exact) mass is 358 g/mol. The molecule has 0 aliphatic carbocycles. The zero-order valence-corrected chi connectivity index (χ0v) is 16.5. The Kier molecular flexibility index (Phi) is 6.72. The second-order valence-corrected chi connectivity index (χ2v) is 7.00. The molecule has 2 rings (SSSR count). The molecule has 142 valence electrons. The minimum absolute atomic E-state index is 0.126. The second-order valence-electron chi connectivity index (χ2n) is 7.00. The Morgan fingerprint density at radius 3 is 2.62 bits per heavy atom. The summed E-state index contributed by atoms with van der Waals surface area (Å²) in [5, 5.41) is 0.840. The maximum Gasteiger partial charge on any atom is 0.297 e. The van der Waals surface area contributed by atoms with E-state index in [0.29, 0.717) is 24.6 Å². The van der Waals surface area contributed by atoms with Crippen LogP contribution >= 0.6 is 0 Å². The minimum atomic E-state index is -0.169. The standard InChI is InChI=1S/C21H30N2O3/c1-6-7-11-23-18-13-16(22)8-9-17(18)19(25-12-10-14(2)3)20(21(23)24)26-15(4)5/h8-10,13,15H,6-7,11-12,22H2,1-5H3. The highest BCUT2D eigenvalue weighted by Crippen LogP contribution is 2.34. The van der Waals surface area contributed by atoms with Crippen LogP contribution in [0.5, 0.6) is 11.5 Å². The number of nitrogen functional groups attached to an aromatic ring is 1. The lowest BCUT2D eigenvalue weighted by Gasteiger charge is -2.20. The van der Waals surface area contributed by atoms with Gasteiger partial charge in [-0.15, -0.1) is 0 Å². The maximum atomic E-state index is 13.2. The minimum Gasteiger partial charge on any atom is -0.485 e. The van der Waals surface area contributed by atoms with Crippen LogP contribution in [0.2, 0.25) is 0 Å². The number of ether oxygens (including phenoxy) is 2. The number of anilines is 1. The molecular weight excluding hydrogens is 328 g/mol. The molecule has 26 heavy (non-hydrogen) atoms. The lowest BCUT2D eigenvalue weighted by Crippen LogP contribution is -2.25. The van der Waals surface area contributed by atoms with Gasteiger partial charge in [0.1, 0.15) is 6.61 Å². The van der Waals surface area contributed by atoms with E-state index in [1.807, 2.05) is 52.0 Å². The van der Waals surface area contributed by atoms with Gasteiger partial charge in [0, 0.05) is 17.6 Å². The fraction of sp³-hybridized carbons (Fsp3) is 0.476. The van der Waals surface area contributed by atoms with Gasteiger partial charge in [-0.1, -0.05) is 18.9 Å². The number of allylic oxidation sites excluding steroid dienone is 1. The topological polar surface area (TPSA) is 66.5 Å². The van der Waals surface area contributed by atoms with Gasteiger partial charge in [-0.05, 0) is 58.4 Å². The molecule has 0 fully saturated rings. The number of fused-ring (bicyclic) bond motifs is 1. The highest BCUT2D eigenvalue weighted by atomic mass is 16.5. The summed E-state index contributed by atoms with van der Waals surface area (Å²) < 4.78 is 13.6. The third-order valence-electron chi connectivity index (χ3n) is 4.01. The number of nitrogens with zero attached hydrogens (tertiary/aromatic N) is 1. The van der Waals surface area contributed by atoms with Crippen molar-refractivity contribution >= 4 is 16.6 Å². The van der Waals surface area contributed by atoms with Crippen molar-refractivity contribution in [3.63, 3.8) is 0 Å². The second kappa shape index (κ2) is 8.79. The molecule has 2 N–H and O–H groups in total. The Bertz CT molecular complexity index is 846. The van der Waals surface area contributed by atoms with Crippen LogP contribution < -0.4 is 20.8 Å². The van der Waals surface area contributed by atoms with Crippen molar-refractivity contribution in [3.05, 3.63) is 40.2 Å². The summed E-state index contributed by atoms with van der Waals surface area (Å²) in [5.41, 5.74) is 8.37. The first-order chi connectivity index (χ1) is 12.3. The van der Waals surface area contributed by atoms with Gasteiger partial charge in [0.25, 0.3) is 5.56 Å². The van der Waals surface area contributed by atoms with E-state index in [1.54, 1.807) is 4.57 Å². The van der Waals surface area contributed by atoms with Gasteiger partial charge in [-0.2, -0.15) is 0 Å². The highest BCUT2D eigenvalue weighted by Gasteiger charge is 2.20. The average molecular weight is 358 g/mol. The predicted octanol–water partition coefficient (Wildman–Crippen LogP) is 4.52. The number of rotatable bonds is 8. The molecule has 2 aromatic rings. The molecule has 0 atom stereocenters. The van der Waals surface area contributed by atoms with Gasteiger partial charge in [0.05, 0.1) is 11.6 Å². The van der Waals surface area contributed by atoms with Crippen LogP contribution in [0.15, 0.2) is 34.6 Å². The summed E-state index contributed by atoms with van der Waals surface area (Å²) in [6.45, 7) is 10.9. The summed E-state index contributed by atoms with van der Waals surface area (Å²) >= 11 is 0. The first-order valence-corrected chi connectivity index (χ1v) is 9.24. The van der Waals surface area contributed by atoms with Gasteiger partial charge in [-0.25, -0.2) is 0 Å². The summed E-state index contributed by atoms with van der Waals surface area (Å²) in [6.07, 6.45) is 3.75. The number of aromatic nitrogens is 1. The van der Waals surface area contributed by atoms with Crippen molar-refractivity contribution in [1.82, 2.24) is 4.57 Å². The highest BCUT2D eigenvalue weighted by molar-refractivity contribution is 5.90. The van der Waals surface area contributed by atoms with E-state index in [1.165, 1.54) is 0 Å². The van der Waals surface area contributed by atoms with E-state index in [9.17, 15) is 4.79 Å². The van der Waals surface area contributed by atoms with Gasteiger partial charge in [0.15, 0.2) is 5.75 Å². The number of unbranched alkanes of at least 4 members (excludes halogenated alkanes) is 1. The zero-order chi connectivity index (χ0) is 19.3. The molecule has 0 aliphatic rings. The number of aryl methyl sites for hydroxylation is 1. The molecule has 1 aromatic carbocycles. The summed E-state index contributed by atoms with van der Waals surface area (Å²) in [6, 6.07) is 5.56. The number of hydrogen-bond acceptors (Lipinski definition) is 4. The lowest BCUT2D eigenvalue weighted by atomic mass is 10.1. The smallest absolute Gasteiger partial charge is 0.297 e. The Hall–Kier alpha value is -2.43. The van der Waals surface area contributed by atoms with Crippen molar-refractivity contribution < 1.29 is 9.47 Å². The Balaban J connectivity index is 2.72. The van der Waals surface area contributed by atoms with Crippen LogP contribution in [0.25, 0.3) is 10.9 Å². The van der Waals surface area contributed by atoms with Crippen LogP contribution in [0.3, 0.4) is 0 Å². The average Bonchev–Trinajstić information content (AvgIpc) is 2.56. The molecule has 5 heteroatoms. The molecule has 0 spiro atoms. The van der Waals surface area contributed by atoms with Crippen molar-refractivity contribution in [2.24, 2.45) is 0 Å². The van der Waals surface area contributed by atoms with Crippen LogP contribution in [-0.2, 0) is 6.54 Å². The van der Waals surface area contributed by atoms with E-state index >= 15 is 0 Å². The number of benzene rings is 1. The predicted molar refractivity (Wildman–Crippen MR) is 108 cm³/mol. The normalized spacial score (nSPS) is 11.0. The molecule has 0 unspecified atom stereocenters. The van der Waals surface area contributed by atoms with Crippen molar-refractivity contribution in [3.8, 4) is 11.5 Å².